The number of amides is 1. The van der Waals surface area contributed by atoms with Crippen LogP contribution >= 0.6 is 24.8 Å². The van der Waals surface area contributed by atoms with Crippen LogP contribution in [0.25, 0.3) is 11.2 Å². The number of carbonyl (C=O) groups excluding carboxylic acids is 1. The number of imidazole rings is 1. The minimum Gasteiger partial charge on any atom is -0.366 e. The molecule has 11 heteroatoms. The Kier molecular flexibility index (Phi) is 9.15. The first-order valence-electron chi connectivity index (χ1n) is 12.0. The van der Waals surface area contributed by atoms with Crippen molar-refractivity contribution in [3.63, 3.8) is 0 Å². The van der Waals surface area contributed by atoms with Crippen molar-refractivity contribution in [1.29, 1.82) is 0 Å². The molecule has 0 saturated heterocycles. The zero-order valence-corrected chi connectivity index (χ0v) is 21.3. The largest absolute Gasteiger partial charge is 0.366 e. The van der Waals surface area contributed by atoms with Crippen molar-refractivity contribution in [3.8, 4) is 0 Å². The quantitative estimate of drug-likeness (QED) is 0.366. The van der Waals surface area contributed by atoms with E-state index >= 15 is 0 Å². The number of primary amides is 1. The topological polar surface area (TPSA) is 137 Å². The van der Waals surface area contributed by atoms with Gasteiger partial charge in [-0.3, -0.25) is 4.79 Å². The molecule has 5 rings (SSSR count). The van der Waals surface area contributed by atoms with Gasteiger partial charge in [0.05, 0.1) is 6.33 Å². The first kappa shape index (κ1) is 27.0. The number of nitrogens with two attached hydrogens (primary N) is 2. The van der Waals surface area contributed by atoms with Crippen molar-refractivity contribution >= 4 is 53.7 Å². The summed E-state index contributed by atoms with van der Waals surface area (Å²) >= 11 is 0. The lowest BCUT2D eigenvalue weighted by Gasteiger charge is -2.27. The summed E-state index contributed by atoms with van der Waals surface area (Å²) in [5.41, 5.74) is 14.6. The van der Waals surface area contributed by atoms with Crippen molar-refractivity contribution < 1.29 is 4.79 Å². The van der Waals surface area contributed by atoms with Crippen LogP contribution in [-0.4, -0.2) is 37.5 Å². The molecule has 2 saturated carbocycles. The molecule has 2 aliphatic carbocycles. The molecule has 2 heterocycles. The van der Waals surface area contributed by atoms with E-state index in [2.05, 4.69) is 20.2 Å². The molecule has 2 aliphatic rings. The van der Waals surface area contributed by atoms with E-state index in [1.165, 1.54) is 12.8 Å². The lowest BCUT2D eigenvalue weighted by atomic mass is 9.92. The number of aromatic nitrogens is 4. The fourth-order valence-electron chi connectivity index (χ4n) is 5.02. The summed E-state index contributed by atoms with van der Waals surface area (Å²) in [6.45, 7) is 0.501. The molecule has 9 nitrogen and oxygen atoms in total. The molecule has 1 aromatic carbocycles. The van der Waals surface area contributed by atoms with Gasteiger partial charge in [-0.1, -0.05) is 25.0 Å². The van der Waals surface area contributed by atoms with Gasteiger partial charge in [-0.25, -0.2) is 4.98 Å². The Hall–Kier alpha value is -2.62. The van der Waals surface area contributed by atoms with Crippen molar-refractivity contribution in [2.45, 2.75) is 76.0 Å². The number of fused-ring (bicyclic) bond motifs is 1. The average Bonchev–Trinajstić information content (AvgIpc) is 3.49. The molecule has 6 N–H and O–H groups in total. The molecule has 0 atom stereocenters. The molecule has 0 aliphatic heterocycles. The van der Waals surface area contributed by atoms with Gasteiger partial charge < -0.3 is 26.7 Å². The molecule has 0 radical (unpaired) electrons. The van der Waals surface area contributed by atoms with Crippen LogP contribution in [0.3, 0.4) is 0 Å². The second-order valence-electron chi connectivity index (χ2n) is 9.33. The normalized spacial score (nSPS) is 20.1. The van der Waals surface area contributed by atoms with Crippen molar-refractivity contribution in [2.75, 3.05) is 10.6 Å². The SMILES string of the molecule is Cl.Cl.NC(=O)c1cccc(CNc2nc(NC3CCC(N)CC3)nc3c2ncn3C2CCCC2)c1. The molecular weight excluding hydrogens is 487 g/mol. The highest BCUT2D eigenvalue weighted by atomic mass is 35.5. The van der Waals surface area contributed by atoms with E-state index < -0.39 is 5.91 Å². The van der Waals surface area contributed by atoms with Gasteiger partial charge in [0.2, 0.25) is 11.9 Å². The third-order valence-corrected chi connectivity index (χ3v) is 6.92. The second-order valence-corrected chi connectivity index (χ2v) is 9.33. The van der Waals surface area contributed by atoms with E-state index in [0.29, 0.717) is 42.0 Å². The third kappa shape index (κ3) is 6.15. The number of hydrogen-bond acceptors (Lipinski definition) is 7. The van der Waals surface area contributed by atoms with Gasteiger partial charge in [-0.2, -0.15) is 9.97 Å². The number of benzene rings is 1. The minimum absolute atomic E-state index is 0. The van der Waals surface area contributed by atoms with Gasteiger partial charge in [0.1, 0.15) is 0 Å². The molecule has 0 unspecified atom stereocenters. The first-order chi connectivity index (χ1) is 16.1. The molecule has 1 amide bonds. The van der Waals surface area contributed by atoms with E-state index in [1.54, 1.807) is 12.1 Å². The van der Waals surface area contributed by atoms with Crippen LogP contribution in [0.5, 0.6) is 0 Å². The highest BCUT2D eigenvalue weighted by Gasteiger charge is 2.23. The Morgan fingerprint density at radius 1 is 1.06 bits per heavy atom. The number of carbonyl (C=O) groups is 1. The Morgan fingerprint density at radius 3 is 2.51 bits per heavy atom. The summed E-state index contributed by atoms with van der Waals surface area (Å²) in [4.78, 5) is 25.9. The van der Waals surface area contributed by atoms with Crippen molar-refractivity contribution in [1.82, 2.24) is 19.5 Å². The van der Waals surface area contributed by atoms with Crippen molar-refractivity contribution in [2.24, 2.45) is 11.5 Å². The van der Waals surface area contributed by atoms with Crippen LogP contribution in [0.15, 0.2) is 30.6 Å². The van der Waals surface area contributed by atoms with Gasteiger partial charge in [-0.05, 0) is 56.2 Å². The zero-order valence-electron chi connectivity index (χ0n) is 19.7. The Bertz CT molecular complexity index is 1140. The number of rotatable bonds is 7. The van der Waals surface area contributed by atoms with Crippen LogP contribution in [0, 0.1) is 0 Å². The summed E-state index contributed by atoms with van der Waals surface area (Å²) in [7, 11) is 0. The van der Waals surface area contributed by atoms with E-state index in [4.69, 9.17) is 21.4 Å². The molecule has 35 heavy (non-hydrogen) atoms. The first-order valence-corrected chi connectivity index (χ1v) is 12.0. The summed E-state index contributed by atoms with van der Waals surface area (Å²) in [6, 6.07) is 8.37. The van der Waals surface area contributed by atoms with Crippen LogP contribution in [0.2, 0.25) is 0 Å². The molecule has 0 bridgehead atoms. The number of anilines is 2. The Balaban J connectivity index is 0.00000171. The summed E-state index contributed by atoms with van der Waals surface area (Å²) in [6.07, 6.45) is 10.8. The van der Waals surface area contributed by atoms with Crippen LogP contribution in [0.4, 0.5) is 11.8 Å². The van der Waals surface area contributed by atoms with Gasteiger partial charge in [-0.15, -0.1) is 24.8 Å². The summed E-state index contributed by atoms with van der Waals surface area (Å²) < 4.78 is 2.21. The molecule has 190 valence electrons. The number of hydrogen-bond donors (Lipinski definition) is 4. The average molecular weight is 521 g/mol. The minimum atomic E-state index is -0.435. The molecule has 0 spiro atoms. The van der Waals surface area contributed by atoms with E-state index in [9.17, 15) is 4.79 Å². The second kappa shape index (κ2) is 11.9. The highest BCUT2D eigenvalue weighted by Crippen LogP contribution is 2.33. The van der Waals surface area contributed by atoms with Crippen LogP contribution in [0.1, 0.15) is 73.3 Å². The lowest BCUT2D eigenvalue weighted by molar-refractivity contribution is 0.1000. The summed E-state index contributed by atoms with van der Waals surface area (Å²) in [5.74, 6) is 0.877. The molecule has 2 aromatic heterocycles. The highest BCUT2D eigenvalue weighted by molar-refractivity contribution is 5.93. The van der Waals surface area contributed by atoms with Gasteiger partial charge in [0.15, 0.2) is 17.0 Å². The zero-order chi connectivity index (χ0) is 22.8. The maximum absolute atomic E-state index is 11.5. The Morgan fingerprint density at radius 2 is 1.80 bits per heavy atom. The Labute approximate surface area is 217 Å². The summed E-state index contributed by atoms with van der Waals surface area (Å²) in [5, 5.41) is 6.96. The van der Waals surface area contributed by atoms with Gasteiger partial charge in [0.25, 0.3) is 0 Å². The van der Waals surface area contributed by atoms with Crippen LogP contribution in [-0.2, 0) is 6.54 Å². The third-order valence-electron chi connectivity index (χ3n) is 6.92. The fourth-order valence-corrected chi connectivity index (χ4v) is 5.02. The molecule has 3 aromatic rings. The van der Waals surface area contributed by atoms with Gasteiger partial charge >= 0.3 is 0 Å². The fraction of sp³-hybridized carbons (Fsp3) is 0.500. The predicted octanol–water partition coefficient (Wildman–Crippen LogP) is 4.18. The standard InChI is InChI=1S/C24H32N8O.2ClH/c25-17-8-10-18(11-9-17)29-24-30-22(27-13-15-4-3-5-16(12-15)21(26)33)20-23(31-24)32(14-28-20)19-6-1-2-7-19;;/h3-5,12,14,17-19H,1-2,6-11,13,25H2,(H2,26,33)(H2,27,29,30,31);2*1H. The predicted molar refractivity (Wildman–Crippen MR) is 143 cm³/mol. The van der Waals surface area contributed by atoms with Crippen molar-refractivity contribution in [3.05, 3.63) is 41.7 Å². The van der Waals surface area contributed by atoms with E-state index in [1.807, 2.05) is 18.5 Å². The van der Waals surface area contributed by atoms with Gasteiger partial charge in [0, 0.05) is 30.2 Å². The maximum Gasteiger partial charge on any atom is 0.248 e. The molecule has 2 fully saturated rings. The van der Waals surface area contributed by atoms with E-state index in [0.717, 1.165) is 55.3 Å². The number of nitrogens with zero attached hydrogens (tertiary/aromatic N) is 4. The number of halogens is 2. The van der Waals surface area contributed by atoms with E-state index in [-0.39, 0.29) is 24.8 Å². The van der Waals surface area contributed by atoms with Crippen LogP contribution < -0.4 is 22.1 Å². The monoisotopic (exact) mass is 520 g/mol. The lowest BCUT2D eigenvalue weighted by Crippen LogP contribution is -2.33. The molecular formula is C24H34Cl2N8O. The maximum atomic E-state index is 11.5. The number of nitrogens with one attached hydrogen (secondary N) is 2. The smallest absolute Gasteiger partial charge is 0.248 e.